The smallest absolute Gasteiger partial charge is 0.336 e. The minimum Gasteiger partial charge on any atom is -0.493 e. The van der Waals surface area contributed by atoms with Gasteiger partial charge in [-0.1, -0.05) is 24.8 Å². The lowest BCUT2D eigenvalue weighted by atomic mass is 10.1. The van der Waals surface area contributed by atoms with Crippen LogP contribution in [-0.2, 0) is 9.59 Å². The highest BCUT2D eigenvalue weighted by molar-refractivity contribution is 5.89. The Balaban J connectivity index is 1.71. The lowest BCUT2D eigenvalue weighted by Gasteiger charge is -2.12. The number of carbonyl (C=O) groups excluding carboxylic acids is 2. The minimum atomic E-state index is -0.593. The van der Waals surface area contributed by atoms with Crippen molar-refractivity contribution in [1.29, 1.82) is 0 Å². The fourth-order valence-corrected chi connectivity index (χ4v) is 2.71. The van der Waals surface area contributed by atoms with E-state index >= 15 is 0 Å². The molecule has 2 N–H and O–H groups in total. The topological polar surface area (TPSA) is 106 Å². The van der Waals surface area contributed by atoms with Crippen molar-refractivity contribution < 1.29 is 23.8 Å². The third-order valence-electron chi connectivity index (χ3n) is 4.19. The zero-order chi connectivity index (χ0) is 22.2. The molecule has 1 aromatic heterocycles. The van der Waals surface area contributed by atoms with Crippen LogP contribution in [0.25, 0.3) is 11.8 Å². The van der Waals surface area contributed by atoms with Gasteiger partial charge < -0.3 is 24.5 Å². The molecule has 8 heteroatoms. The van der Waals surface area contributed by atoms with E-state index in [4.69, 9.17) is 19.9 Å². The third-order valence-corrected chi connectivity index (χ3v) is 4.19. The summed E-state index contributed by atoms with van der Waals surface area (Å²) in [6.07, 6.45) is 7.89. The number of rotatable bonds is 9. The fourth-order valence-electron chi connectivity index (χ4n) is 2.71. The molecule has 0 spiro atoms. The molecule has 2 aromatic carbocycles. The first-order valence-electron chi connectivity index (χ1n) is 9.23. The van der Waals surface area contributed by atoms with Gasteiger partial charge in [0.2, 0.25) is 0 Å². The zero-order valence-electron chi connectivity index (χ0n) is 16.9. The Labute approximate surface area is 179 Å². The van der Waals surface area contributed by atoms with Crippen molar-refractivity contribution in [3.05, 3.63) is 85.0 Å². The largest absolute Gasteiger partial charge is 0.493 e. The highest BCUT2D eigenvalue weighted by Gasteiger charge is 2.11. The highest BCUT2D eigenvalue weighted by atomic mass is 16.5. The van der Waals surface area contributed by atoms with Crippen LogP contribution in [-0.4, -0.2) is 35.1 Å². The summed E-state index contributed by atoms with van der Waals surface area (Å²) in [6.45, 7) is 3.78. The number of aromatic nitrogens is 2. The monoisotopic (exact) mass is 419 g/mol. The molecule has 0 aliphatic heterocycles. The molecule has 8 nitrogen and oxygen atoms in total. The van der Waals surface area contributed by atoms with Gasteiger partial charge in [-0.3, -0.25) is 4.79 Å². The summed E-state index contributed by atoms with van der Waals surface area (Å²) in [4.78, 5) is 27.3. The first-order valence-corrected chi connectivity index (χ1v) is 9.23. The Bertz CT molecular complexity index is 1120. The first kappa shape index (κ1) is 21.4. The van der Waals surface area contributed by atoms with Gasteiger partial charge in [0.05, 0.1) is 19.1 Å². The molecular weight excluding hydrogens is 398 g/mol. The van der Waals surface area contributed by atoms with Gasteiger partial charge >= 0.3 is 5.97 Å². The summed E-state index contributed by atoms with van der Waals surface area (Å²) in [6, 6.07) is 12.1. The van der Waals surface area contributed by atoms with Crippen LogP contribution in [0, 0.1) is 0 Å². The molecule has 3 aromatic rings. The maximum absolute atomic E-state index is 12.4. The molecule has 0 radical (unpaired) electrons. The van der Waals surface area contributed by atoms with E-state index in [1.165, 1.54) is 13.2 Å². The van der Waals surface area contributed by atoms with Gasteiger partial charge in [0.25, 0.3) is 5.91 Å². The molecule has 3 rings (SSSR count). The van der Waals surface area contributed by atoms with Crippen molar-refractivity contribution in [2.75, 3.05) is 13.7 Å². The summed E-state index contributed by atoms with van der Waals surface area (Å²) in [5.74, 6) is -0.000910. The van der Waals surface area contributed by atoms with E-state index in [2.05, 4.69) is 11.6 Å². The summed E-state index contributed by atoms with van der Waals surface area (Å²) >= 11 is 0. The van der Waals surface area contributed by atoms with E-state index in [0.29, 0.717) is 34.1 Å². The summed E-state index contributed by atoms with van der Waals surface area (Å²) in [7, 11) is 1.47. The van der Waals surface area contributed by atoms with Gasteiger partial charge in [-0.2, -0.15) is 0 Å². The second kappa shape index (κ2) is 9.93. The standard InChI is InChI=1S/C23H21N3O5/c1-16(26-12-11-25-15-26)18-5-3-4-6-19(18)31-23(28)10-8-17-7-9-20(21(13-17)29-2)30-14-22(24)27/h3-13,15H,1,14H2,2H3,(H2,24,27). The number of methoxy groups -OCH3 is 1. The maximum atomic E-state index is 12.4. The van der Waals surface area contributed by atoms with Crippen molar-refractivity contribution in [1.82, 2.24) is 9.55 Å². The zero-order valence-corrected chi connectivity index (χ0v) is 16.9. The number of primary amides is 1. The average Bonchev–Trinajstić information content (AvgIpc) is 3.31. The van der Waals surface area contributed by atoms with Crippen LogP contribution in [0.4, 0.5) is 0 Å². The Morgan fingerprint density at radius 1 is 1.16 bits per heavy atom. The third kappa shape index (κ3) is 5.60. The second-order valence-electron chi connectivity index (χ2n) is 6.33. The molecule has 31 heavy (non-hydrogen) atoms. The Kier molecular flexibility index (Phi) is 6.85. The summed E-state index contributed by atoms with van der Waals surface area (Å²) < 4.78 is 17.8. The van der Waals surface area contributed by atoms with Crippen LogP contribution >= 0.6 is 0 Å². The SMILES string of the molecule is C=C(c1ccccc1OC(=O)C=Cc1ccc(OCC(N)=O)c(OC)c1)n1ccnc1. The number of imidazole rings is 1. The molecule has 0 saturated carbocycles. The number of nitrogens with zero attached hydrogens (tertiary/aromatic N) is 2. The van der Waals surface area contributed by atoms with Gasteiger partial charge in [-0.15, -0.1) is 0 Å². The number of para-hydroxylation sites is 1. The molecule has 0 aliphatic rings. The molecule has 1 amide bonds. The van der Waals surface area contributed by atoms with Gasteiger partial charge in [0.1, 0.15) is 5.75 Å². The van der Waals surface area contributed by atoms with Crippen LogP contribution in [0.2, 0.25) is 0 Å². The van der Waals surface area contributed by atoms with E-state index in [1.807, 2.05) is 12.1 Å². The summed E-state index contributed by atoms with van der Waals surface area (Å²) in [5, 5.41) is 0. The van der Waals surface area contributed by atoms with E-state index in [1.54, 1.807) is 59.7 Å². The van der Waals surface area contributed by atoms with Crippen molar-refractivity contribution >= 4 is 23.6 Å². The van der Waals surface area contributed by atoms with Crippen LogP contribution in [0.15, 0.2) is 73.8 Å². The number of ether oxygens (including phenoxy) is 3. The summed E-state index contributed by atoms with van der Waals surface area (Å²) in [5.41, 5.74) is 7.06. The molecule has 0 fully saturated rings. The molecule has 1 heterocycles. The van der Waals surface area contributed by atoms with E-state index in [0.717, 1.165) is 0 Å². The van der Waals surface area contributed by atoms with Gasteiger partial charge in [0, 0.05) is 24.0 Å². The number of hydrogen-bond acceptors (Lipinski definition) is 6. The minimum absolute atomic E-state index is 0.262. The van der Waals surface area contributed by atoms with Crippen molar-refractivity contribution in [3.63, 3.8) is 0 Å². The molecule has 0 aliphatic carbocycles. The van der Waals surface area contributed by atoms with Crippen LogP contribution in [0.5, 0.6) is 17.2 Å². The van der Waals surface area contributed by atoms with Gasteiger partial charge in [-0.25, -0.2) is 9.78 Å². The molecule has 0 saturated heterocycles. The first-order chi connectivity index (χ1) is 15.0. The number of hydrogen-bond donors (Lipinski definition) is 1. The van der Waals surface area contributed by atoms with Gasteiger partial charge in [0.15, 0.2) is 18.1 Å². The molecule has 158 valence electrons. The molecule has 0 bridgehead atoms. The maximum Gasteiger partial charge on any atom is 0.336 e. The van der Waals surface area contributed by atoms with E-state index in [9.17, 15) is 9.59 Å². The normalized spacial score (nSPS) is 10.6. The molecular formula is C23H21N3O5. The predicted molar refractivity (Wildman–Crippen MR) is 115 cm³/mol. The number of benzene rings is 2. The van der Waals surface area contributed by atoms with Crippen LogP contribution < -0.4 is 19.9 Å². The van der Waals surface area contributed by atoms with Gasteiger partial charge in [-0.05, 0) is 35.9 Å². The highest BCUT2D eigenvalue weighted by Crippen LogP contribution is 2.29. The second-order valence-corrected chi connectivity index (χ2v) is 6.33. The quantitative estimate of drug-likeness (QED) is 0.325. The Hall–Kier alpha value is -4.33. The molecule has 0 unspecified atom stereocenters. The number of esters is 1. The van der Waals surface area contributed by atoms with Crippen LogP contribution in [0.1, 0.15) is 11.1 Å². The fraction of sp³-hybridized carbons (Fsp3) is 0.0870. The van der Waals surface area contributed by atoms with Crippen molar-refractivity contribution in [2.24, 2.45) is 5.73 Å². The lowest BCUT2D eigenvalue weighted by molar-refractivity contribution is -0.129. The molecule has 0 atom stereocenters. The average molecular weight is 419 g/mol. The number of nitrogens with two attached hydrogens (primary N) is 1. The van der Waals surface area contributed by atoms with Crippen molar-refractivity contribution in [2.45, 2.75) is 0 Å². The predicted octanol–water partition coefficient (Wildman–Crippen LogP) is 2.89. The van der Waals surface area contributed by atoms with Crippen LogP contribution in [0.3, 0.4) is 0 Å². The number of carbonyl (C=O) groups is 2. The Morgan fingerprint density at radius 3 is 2.68 bits per heavy atom. The Morgan fingerprint density at radius 2 is 1.97 bits per heavy atom. The van der Waals surface area contributed by atoms with Crippen molar-refractivity contribution in [3.8, 4) is 17.2 Å². The lowest BCUT2D eigenvalue weighted by Crippen LogP contribution is -2.20. The number of amides is 1. The van der Waals surface area contributed by atoms with E-state index in [-0.39, 0.29) is 6.61 Å². The van der Waals surface area contributed by atoms with E-state index < -0.39 is 11.9 Å².